The fourth-order valence-electron chi connectivity index (χ4n) is 10.9. The van der Waals surface area contributed by atoms with Gasteiger partial charge in [0.15, 0.2) is 0 Å². The third-order valence-corrected chi connectivity index (χ3v) is 13.8. The molecule has 2 aliphatic carbocycles. The number of benzene rings is 12. The molecule has 2 aliphatic rings. The standard InChI is InChI=1S/C72H49N/c1-6-26-53(27-7-1)71(54-28-8-2-9-29-54)65-41-21-19-39-63(65)70-66(71)42-23-43-68(70)73(57-34-14-5-15-35-57)58-36-22-25-51(48-58)60-46-44-50-24-16-17-37-59(50)69(60)52-45-47-62-61-38-18-20-40-64(61)72(67(62)49-52,55-30-10-3-11-31-55)56-32-12-4-13-33-56/h1-49H/i3D,4D,10D,11D,12D,13D,16D,17D,18D,20D,22D,24D,25D,30D,31D,32D,33D,36D,37D,38D,40D,44D,45D,46D,47D,48D,49D. The molecule has 0 saturated heterocycles. The first-order valence-corrected chi connectivity index (χ1v) is 23.2. The molecule has 0 radical (unpaired) electrons. The summed E-state index contributed by atoms with van der Waals surface area (Å²) in [5, 5.41) is -1.58. The summed E-state index contributed by atoms with van der Waals surface area (Å²) >= 11 is 0. The summed E-state index contributed by atoms with van der Waals surface area (Å²) in [4.78, 5) is 1.53. The van der Waals surface area contributed by atoms with E-state index in [1.54, 1.807) is 42.5 Å². The monoisotopic (exact) mass is 955 g/mol. The number of nitrogens with zero attached hydrogens (tertiary/aromatic N) is 1. The summed E-state index contributed by atoms with van der Waals surface area (Å²) in [6.45, 7) is 0. The Bertz CT molecular complexity index is 5480. The van der Waals surface area contributed by atoms with E-state index < -0.39 is 246 Å². The van der Waals surface area contributed by atoms with Crippen LogP contribution in [0.15, 0.2) is 297 Å². The first kappa shape index (κ1) is 23.3. The number of hydrogen-bond acceptors (Lipinski definition) is 1. The molecule has 1 nitrogen and oxygen atoms in total. The van der Waals surface area contributed by atoms with E-state index in [4.69, 9.17) is 12.3 Å². The van der Waals surface area contributed by atoms with Crippen LogP contribution in [0.5, 0.6) is 0 Å². The fraction of sp³-hybridized carbons (Fsp3) is 0.0278. The maximum atomic E-state index is 11.0. The van der Waals surface area contributed by atoms with Crippen LogP contribution in [0.2, 0.25) is 0 Å². The molecule has 0 heterocycles. The highest BCUT2D eigenvalue weighted by Crippen LogP contribution is 2.60. The van der Waals surface area contributed by atoms with Gasteiger partial charge in [-0.25, -0.2) is 0 Å². The highest BCUT2D eigenvalue weighted by molar-refractivity contribution is 6.06. The van der Waals surface area contributed by atoms with Gasteiger partial charge in [-0.1, -0.05) is 260 Å². The molecule has 0 aliphatic heterocycles. The van der Waals surface area contributed by atoms with Gasteiger partial charge >= 0.3 is 0 Å². The lowest BCUT2D eigenvalue weighted by atomic mass is 9.67. The Balaban J connectivity index is 1.19. The van der Waals surface area contributed by atoms with E-state index in [1.165, 1.54) is 4.90 Å². The first-order chi connectivity index (χ1) is 47.5. The Hall–Kier alpha value is -9.30. The van der Waals surface area contributed by atoms with E-state index in [9.17, 15) is 24.7 Å². The third-order valence-electron chi connectivity index (χ3n) is 13.8. The molecule has 12 aromatic carbocycles. The van der Waals surface area contributed by atoms with Crippen molar-refractivity contribution in [1.29, 1.82) is 0 Å². The molecule has 0 N–H and O–H groups in total. The van der Waals surface area contributed by atoms with Gasteiger partial charge in [-0.3, -0.25) is 0 Å². The second kappa shape index (κ2) is 17.2. The molecule has 0 amide bonds. The van der Waals surface area contributed by atoms with Crippen LogP contribution in [-0.2, 0) is 10.8 Å². The Morgan fingerprint density at radius 1 is 0.301 bits per heavy atom. The third kappa shape index (κ3) is 6.42. The van der Waals surface area contributed by atoms with Crippen molar-refractivity contribution in [1.82, 2.24) is 0 Å². The summed E-state index contributed by atoms with van der Waals surface area (Å²) in [6.07, 6.45) is 0. The Morgan fingerprint density at radius 2 is 0.890 bits per heavy atom. The number of para-hydroxylation sites is 1. The second-order valence-corrected chi connectivity index (χ2v) is 17.4. The van der Waals surface area contributed by atoms with Gasteiger partial charge in [0.1, 0.15) is 0 Å². The molecule has 73 heavy (non-hydrogen) atoms. The van der Waals surface area contributed by atoms with Gasteiger partial charge in [-0.15, -0.1) is 0 Å². The molecule has 0 saturated carbocycles. The van der Waals surface area contributed by atoms with Gasteiger partial charge in [0.05, 0.1) is 53.5 Å². The number of anilines is 3. The second-order valence-electron chi connectivity index (χ2n) is 17.4. The smallest absolute Gasteiger partial charge is 0.0714 e. The number of rotatable bonds is 9. The summed E-state index contributed by atoms with van der Waals surface area (Å²) < 4.78 is 260. The molecule has 0 fully saturated rings. The van der Waals surface area contributed by atoms with Crippen molar-refractivity contribution < 1.29 is 37.0 Å². The Labute approximate surface area is 465 Å². The first-order valence-electron chi connectivity index (χ1n) is 36.7. The minimum Gasteiger partial charge on any atom is -0.310 e. The molecule has 0 unspecified atom stereocenters. The average Bonchev–Trinajstić information content (AvgIpc) is 1.46. The van der Waals surface area contributed by atoms with Crippen LogP contribution in [0.3, 0.4) is 0 Å². The minimum absolute atomic E-state index is 0.278. The van der Waals surface area contributed by atoms with Crippen LogP contribution in [0.1, 0.15) is 81.5 Å². The molecule has 0 spiro atoms. The van der Waals surface area contributed by atoms with Crippen molar-refractivity contribution >= 4 is 27.8 Å². The van der Waals surface area contributed by atoms with E-state index in [2.05, 4.69) is 0 Å². The summed E-state index contributed by atoms with van der Waals surface area (Å²) in [5.41, 5.74) is -8.89. The van der Waals surface area contributed by atoms with Gasteiger partial charge in [0, 0.05) is 16.9 Å². The zero-order chi connectivity index (χ0) is 71.8. The zero-order valence-electron chi connectivity index (χ0n) is 65.1. The topological polar surface area (TPSA) is 3.24 Å². The summed E-state index contributed by atoms with van der Waals surface area (Å²) in [5.74, 6) is 0. The van der Waals surface area contributed by atoms with Crippen molar-refractivity contribution in [2.24, 2.45) is 0 Å². The van der Waals surface area contributed by atoms with Gasteiger partial charge in [0.2, 0.25) is 0 Å². The van der Waals surface area contributed by atoms with Gasteiger partial charge < -0.3 is 4.90 Å². The summed E-state index contributed by atoms with van der Waals surface area (Å²) in [6, 6.07) is 12.4. The fourth-order valence-corrected chi connectivity index (χ4v) is 10.9. The predicted octanol–water partition coefficient (Wildman–Crippen LogP) is 18.4. The molecule has 14 rings (SSSR count). The van der Waals surface area contributed by atoms with Crippen LogP contribution < -0.4 is 4.90 Å². The van der Waals surface area contributed by atoms with Crippen molar-refractivity contribution in [3.8, 4) is 44.5 Å². The highest BCUT2D eigenvalue weighted by Gasteiger charge is 2.48. The number of hydrogen-bond donors (Lipinski definition) is 0. The maximum Gasteiger partial charge on any atom is 0.0714 e. The van der Waals surface area contributed by atoms with Crippen molar-refractivity contribution in [2.75, 3.05) is 4.90 Å². The normalized spacial score (nSPS) is 18.6. The minimum atomic E-state index is -3.37. The van der Waals surface area contributed by atoms with Gasteiger partial charge in [0.25, 0.3) is 0 Å². The molecule has 0 bridgehead atoms. The predicted molar refractivity (Wildman–Crippen MR) is 304 cm³/mol. The van der Waals surface area contributed by atoms with E-state index in [0.29, 0.717) is 16.8 Å². The zero-order valence-corrected chi connectivity index (χ0v) is 38.1. The van der Waals surface area contributed by atoms with Crippen molar-refractivity contribution in [3.63, 3.8) is 0 Å². The summed E-state index contributed by atoms with van der Waals surface area (Å²) in [7, 11) is 0. The van der Waals surface area contributed by atoms with E-state index in [1.807, 2.05) is 91.0 Å². The molecule has 0 aromatic heterocycles. The van der Waals surface area contributed by atoms with Crippen LogP contribution in [0, 0.1) is 0 Å². The van der Waals surface area contributed by atoms with E-state index in [-0.39, 0.29) is 5.69 Å². The van der Waals surface area contributed by atoms with Crippen LogP contribution in [0.4, 0.5) is 17.1 Å². The van der Waals surface area contributed by atoms with Crippen LogP contribution >= 0.6 is 0 Å². The lowest BCUT2D eigenvalue weighted by Gasteiger charge is -2.34. The lowest BCUT2D eigenvalue weighted by molar-refractivity contribution is 0.768. The van der Waals surface area contributed by atoms with Gasteiger partial charge in [-0.05, 0) is 131 Å². The van der Waals surface area contributed by atoms with Crippen LogP contribution in [0.25, 0.3) is 55.3 Å². The Kier molecular flexibility index (Phi) is 5.50. The molecule has 342 valence electrons. The van der Waals surface area contributed by atoms with E-state index in [0.717, 1.165) is 22.3 Å². The quantitative estimate of drug-likeness (QED) is 0.139. The maximum absolute atomic E-state index is 11.0. The SMILES string of the molecule is [2H]c1c([2H])c([2H])c(C2(c3c([2H])c([2H])c([2H])c([2H])c3[2H])c3c([2H])c([2H])c([2H])c([2H])c3-c3c([2H])c([2H])c(-c4c(-c5c([2H])c([2H])c([2H])c(N(c6ccccc6)c6cccc7c6-c6ccccc6C7(c6ccccc6)c6ccccc6)c5[2H])c([2H])c([2H])c5c([2H])c([2H])c([2H])c([2H])c45)c([2H])c32)c([2H])c1[2H]. The largest absolute Gasteiger partial charge is 0.310 e. The Morgan fingerprint density at radius 3 is 1.63 bits per heavy atom. The highest BCUT2D eigenvalue weighted by atomic mass is 15.1. The van der Waals surface area contributed by atoms with Crippen molar-refractivity contribution in [2.45, 2.75) is 10.8 Å². The van der Waals surface area contributed by atoms with Gasteiger partial charge in [-0.2, -0.15) is 0 Å². The number of fused-ring (bicyclic) bond motifs is 7. The molecule has 12 aromatic rings. The lowest BCUT2D eigenvalue weighted by Crippen LogP contribution is -2.28. The van der Waals surface area contributed by atoms with Crippen LogP contribution in [-0.4, -0.2) is 0 Å². The average molecular weight is 955 g/mol. The molecule has 1 heteroatoms. The molecule has 0 atom stereocenters. The van der Waals surface area contributed by atoms with E-state index >= 15 is 0 Å². The molecular weight excluding hydrogens is 879 g/mol. The van der Waals surface area contributed by atoms with Crippen molar-refractivity contribution in [3.05, 3.63) is 341 Å². The molecular formula is C72H49N.